The van der Waals surface area contributed by atoms with Crippen molar-refractivity contribution in [2.75, 3.05) is 11.9 Å². The number of rotatable bonds is 6. The number of nitrogens with zero attached hydrogens (tertiary/aromatic N) is 2. The molecule has 1 N–H and O–H groups in total. The number of oxazole rings is 1. The quantitative estimate of drug-likeness (QED) is 0.339. The summed E-state index contributed by atoms with van der Waals surface area (Å²) in [5, 5.41) is 13.9. The lowest BCUT2D eigenvalue weighted by Crippen LogP contribution is -2.12. The predicted molar refractivity (Wildman–Crippen MR) is 112 cm³/mol. The summed E-state index contributed by atoms with van der Waals surface area (Å²) in [6.45, 7) is 1.97. The average Bonchev–Trinajstić information content (AvgIpc) is 3.17. The summed E-state index contributed by atoms with van der Waals surface area (Å²) >= 11 is 0. The van der Waals surface area contributed by atoms with Gasteiger partial charge in [-0.05, 0) is 49.4 Å². The number of anilines is 1. The van der Waals surface area contributed by atoms with E-state index in [1.165, 1.54) is 18.2 Å². The van der Waals surface area contributed by atoms with Gasteiger partial charge in [0, 0.05) is 17.3 Å². The Labute approximate surface area is 175 Å². The van der Waals surface area contributed by atoms with E-state index in [1.807, 2.05) is 0 Å². The minimum atomic E-state index is -0.604. The maximum Gasteiger partial charge on any atom is 0.311 e. The smallest absolute Gasteiger partial charge is 0.311 e. The molecule has 0 spiro atoms. The van der Waals surface area contributed by atoms with Crippen LogP contribution in [-0.4, -0.2) is 22.4 Å². The Hall–Kier alpha value is -4.27. The standard InChI is InChI=1S/C22H16FN3O5/c1-2-30-20-9-7-13(11-18(20)26(28)29)21(27)24-14-8-10-19-17(12-14)25-22(31-19)15-5-3-4-6-16(15)23/h3-12H,2H2,1H3,(H,24,27). The second kappa shape index (κ2) is 8.23. The van der Waals surface area contributed by atoms with Gasteiger partial charge >= 0.3 is 5.69 Å². The van der Waals surface area contributed by atoms with Crippen molar-refractivity contribution >= 4 is 28.4 Å². The van der Waals surface area contributed by atoms with Crippen LogP contribution in [0.2, 0.25) is 0 Å². The Morgan fingerprint density at radius 2 is 2.00 bits per heavy atom. The van der Waals surface area contributed by atoms with Crippen LogP contribution in [0, 0.1) is 15.9 Å². The molecule has 0 fully saturated rings. The normalized spacial score (nSPS) is 10.8. The zero-order chi connectivity index (χ0) is 22.0. The molecule has 3 aromatic carbocycles. The highest BCUT2D eigenvalue weighted by Gasteiger charge is 2.19. The molecule has 0 atom stereocenters. The lowest BCUT2D eigenvalue weighted by Gasteiger charge is -2.07. The Kier molecular flexibility index (Phi) is 5.31. The zero-order valence-corrected chi connectivity index (χ0v) is 16.3. The summed E-state index contributed by atoms with van der Waals surface area (Å²) in [4.78, 5) is 27.6. The van der Waals surface area contributed by atoms with E-state index in [4.69, 9.17) is 9.15 Å². The second-order valence-corrected chi connectivity index (χ2v) is 6.51. The molecule has 0 bridgehead atoms. The SMILES string of the molecule is CCOc1ccc(C(=O)Nc2ccc3oc(-c4ccccc4F)nc3c2)cc1[N+](=O)[O-]. The highest BCUT2D eigenvalue weighted by atomic mass is 19.1. The summed E-state index contributed by atoms with van der Waals surface area (Å²) in [5.41, 5.74) is 1.29. The van der Waals surface area contributed by atoms with Gasteiger partial charge in [0.05, 0.1) is 17.1 Å². The number of nitro benzene ring substituents is 1. The number of amides is 1. The molecular weight excluding hydrogens is 405 g/mol. The van der Waals surface area contributed by atoms with E-state index in [2.05, 4.69) is 10.3 Å². The monoisotopic (exact) mass is 421 g/mol. The van der Waals surface area contributed by atoms with Crippen molar-refractivity contribution in [3.05, 3.63) is 82.2 Å². The van der Waals surface area contributed by atoms with Gasteiger partial charge in [0.2, 0.25) is 5.89 Å². The third kappa shape index (κ3) is 4.06. The molecule has 0 unspecified atom stereocenters. The fourth-order valence-corrected chi connectivity index (χ4v) is 3.04. The van der Waals surface area contributed by atoms with Gasteiger partial charge in [-0.3, -0.25) is 14.9 Å². The number of fused-ring (bicyclic) bond motifs is 1. The molecule has 1 amide bonds. The van der Waals surface area contributed by atoms with E-state index in [0.29, 0.717) is 16.8 Å². The molecule has 31 heavy (non-hydrogen) atoms. The van der Waals surface area contributed by atoms with E-state index in [1.54, 1.807) is 43.3 Å². The minimum absolute atomic E-state index is 0.0914. The summed E-state index contributed by atoms with van der Waals surface area (Å²) < 4.78 is 24.8. The van der Waals surface area contributed by atoms with Crippen molar-refractivity contribution in [3.63, 3.8) is 0 Å². The third-order valence-electron chi connectivity index (χ3n) is 4.47. The molecule has 4 aromatic rings. The van der Waals surface area contributed by atoms with Crippen molar-refractivity contribution in [2.24, 2.45) is 0 Å². The number of nitro groups is 1. The maximum absolute atomic E-state index is 14.0. The van der Waals surface area contributed by atoms with Gasteiger partial charge in [0.1, 0.15) is 11.3 Å². The summed E-state index contributed by atoms with van der Waals surface area (Å²) in [7, 11) is 0. The van der Waals surface area contributed by atoms with Crippen LogP contribution in [0.25, 0.3) is 22.6 Å². The van der Waals surface area contributed by atoms with E-state index < -0.39 is 16.6 Å². The number of hydrogen-bond donors (Lipinski definition) is 1. The number of ether oxygens (including phenoxy) is 1. The molecule has 0 aliphatic rings. The van der Waals surface area contributed by atoms with Crippen LogP contribution in [0.3, 0.4) is 0 Å². The molecule has 1 aromatic heterocycles. The molecule has 9 heteroatoms. The predicted octanol–water partition coefficient (Wildman–Crippen LogP) is 5.19. The van der Waals surface area contributed by atoms with Crippen LogP contribution in [0.5, 0.6) is 5.75 Å². The Morgan fingerprint density at radius 1 is 1.19 bits per heavy atom. The largest absolute Gasteiger partial charge is 0.487 e. The van der Waals surface area contributed by atoms with Gasteiger partial charge in [-0.1, -0.05) is 12.1 Å². The van der Waals surface area contributed by atoms with E-state index >= 15 is 0 Å². The van der Waals surface area contributed by atoms with Gasteiger partial charge in [-0.15, -0.1) is 0 Å². The number of aromatic nitrogens is 1. The molecule has 0 saturated carbocycles. The van der Waals surface area contributed by atoms with Gasteiger partial charge in [0.25, 0.3) is 5.91 Å². The maximum atomic E-state index is 14.0. The number of carbonyl (C=O) groups is 1. The molecule has 4 rings (SSSR count). The number of hydrogen-bond acceptors (Lipinski definition) is 6. The van der Waals surface area contributed by atoms with Crippen molar-refractivity contribution in [3.8, 4) is 17.2 Å². The Bertz CT molecular complexity index is 1300. The first kappa shape index (κ1) is 20.0. The molecule has 0 aliphatic carbocycles. The van der Waals surface area contributed by atoms with Gasteiger partial charge < -0.3 is 14.5 Å². The second-order valence-electron chi connectivity index (χ2n) is 6.51. The van der Waals surface area contributed by atoms with Gasteiger partial charge in [0.15, 0.2) is 11.3 Å². The third-order valence-corrected chi connectivity index (χ3v) is 4.47. The molecule has 0 saturated heterocycles. The highest BCUT2D eigenvalue weighted by Crippen LogP contribution is 2.30. The molecule has 0 radical (unpaired) electrons. The molecule has 8 nitrogen and oxygen atoms in total. The van der Waals surface area contributed by atoms with Crippen molar-refractivity contribution in [1.82, 2.24) is 4.98 Å². The summed E-state index contributed by atoms with van der Waals surface area (Å²) in [5.74, 6) is -0.782. The van der Waals surface area contributed by atoms with Crippen LogP contribution >= 0.6 is 0 Å². The topological polar surface area (TPSA) is 108 Å². The fraction of sp³-hybridized carbons (Fsp3) is 0.0909. The first-order valence-corrected chi connectivity index (χ1v) is 9.34. The molecule has 0 aliphatic heterocycles. The highest BCUT2D eigenvalue weighted by molar-refractivity contribution is 6.05. The Morgan fingerprint density at radius 3 is 2.74 bits per heavy atom. The molecule has 1 heterocycles. The van der Waals surface area contributed by atoms with E-state index in [-0.39, 0.29) is 35.1 Å². The lowest BCUT2D eigenvalue weighted by atomic mass is 10.1. The number of benzene rings is 3. The fourth-order valence-electron chi connectivity index (χ4n) is 3.04. The first-order chi connectivity index (χ1) is 15.0. The van der Waals surface area contributed by atoms with E-state index in [0.717, 1.165) is 6.07 Å². The molecular formula is C22H16FN3O5. The van der Waals surface area contributed by atoms with E-state index in [9.17, 15) is 19.3 Å². The van der Waals surface area contributed by atoms with Crippen molar-refractivity contribution in [2.45, 2.75) is 6.92 Å². The van der Waals surface area contributed by atoms with Crippen LogP contribution in [0.4, 0.5) is 15.8 Å². The van der Waals surface area contributed by atoms with Gasteiger partial charge in [-0.2, -0.15) is 0 Å². The van der Waals surface area contributed by atoms with Gasteiger partial charge in [-0.25, -0.2) is 9.37 Å². The van der Waals surface area contributed by atoms with Crippen LogP contribution in [0.1, 0.15) is 17.3 Å². The average molecular weight is 421 g/mol. The molecule has 156 valence electrons. The number of nitrogens with one attached hydrogen (secondary N) is 1. The lowest BCUT2D eigenvalue weighted by molar-refractivity contribution is -0.385. The van der Waals surface area contributed by atoms with Crippen LogP contribution in [-0.2, 0) is 0 Å². The van der Waals surface area contributed by atoms with Crippen LogP contribution in [0.15, 0.2) is 65.1 Å². The number of halogens is 1. The van der Waals surface area contributed by atoms with Crippen molar-refractivity contribution in [1.29, 1.82) is 0 Å². The Balaban J connectivity index is 1.60. The minimum Gasteiger partial charge on any atom is -0.487 e. The number of carbonyl (C=O) groups excluding carboxylic acids is 1. The zero-order valence-electron chi connectivity index (χ0n) is 16.3. The first-order valence-electron chi connectivity index (χ1n) is 9.34. The summed E-state index contributed by atoms with van der Waals surface area (Å²) in [6.07, 6.45) is 0. The van der Waals surface area contributed by atoms with Crippen molar-refractivity contribution < 1.29 is 23.3 Å². The summed E-state index contributed by atoms with van der Waals surface area (Å²) in [6, 6.07) is 14.9. The van der Waals surface area contributed by atoms with Crippen LogP contribution < -0.4 is 10.1 Å².